The van der Waals surface area contributed by atoms with Gasteiger partial charge in [-0.1, -0.05) is 23.7 Å². The zero-order valence-corrected chi connectivity index (χ0v) is 17.1. The molecule has 7 nitrogen and oxygen atoms in total. The normalized spacial score (nSPS) is 15.5. The smallest absolute Gasteiger partial charge is 0.245 e. The summed E-state index contributed by atoms with van der Waals surface area (Å²) in [5.74, 6) is 0.765. The molecule has 1 aliphatic heterocycles. The molecule has 0 bridgehead atoms. The molecule has 0 spiro atoms. The van der Waals surface area contributed by atoms with Crippen LogP contribution in [0.3, 0.4) is 0 Å². The van der Waals surface area contributed by atoms with Crippen molar-refractivity contribution in [2.45, 2.75) is 33.2 Å². The monoisotopic (exact) mass is 415 g/mol. The van der Waals surface area contributed by atoms with Crippen molar-refractivity contribution in [3.05, 3.63) is 62.5 Å². The van der Waals surface area contributed by atoms with Gasteiger partial charge in [0.05, 0.1) is 12.1 Å². The van der Waals surface area contributed by atoms with Crippen LogP contribution >= 0.6 is 22.9 Å². The molecular formula is C19H18ClN5O2S. The molecule has 144 valence electrons. The average Bonchev–Trinajstić information content (AvgIpc) is 3.15. The largest absolute Gasteiger partial charge is 0.289 e. The number of hydrogen-bond acceptors (Lipinski definition) is 6. The number of hydroxylamine groups is 1. The fourth-order valence-electron chi connectivity index (χ4n) is 3.35. The van der Waals surface area contributed by atoms with Crippen molar-refractivity contribution >= 4 is 34.6 Å². The lowest BCUT2D eigenvalue weighted by Gasteiger charge is -2.11. The lowest BCUT2D eigenvalue weighted by atomic mass is 9.99. The van der Waals surface area contributed by atoms with Crippen molar-refractivity contribution in [1.82, 2.24) is 20.2 Å². The van der Waals surface area contributed by atoms with E-state index in [1.54, 1.807) is 16.8 Å². The zero-order chi connectivity index (χ0) is 20.0. The first-order valence-electron chi connectivity index (χ1n) is 8.70. The van der Waals surface area contributed by atoms with Gasteiger partial charge in [-0.3, -0.25) is 19.6 Å². The van der Waals surface area contributed by atoms with Gasteiger partial charge in [0, 0.05) is 21.0 Å². The number of thiophene rings is 1. The molecule has 1 aliphatic rings. The zero-order valence-electron chi connectivity index (χ0n) is 15.5. The predicted octanol–water partition coefficient (Wildman–Crippen LogP) is 3.70. The molecular weight excluding hydrogens is 398 g/mol. The number of amides is 1. The molecule has 9 heteroatoms. The van der Waals surface area contributed by atoms with Gasteiger partial charge in [0.1, 0.15) is 16.9 Å². The minimum atomic E-state index is -0.585. The van der Waals surface area contributed by atoms with E-state index >= 15 is 0 Å². The quantitative estimate of drug-likeness (QED) is 0.504. The average molecular weight is 416 g/mol. The summed E-state index contributed by atoms with van der Waals surface area (Å²) in [4.78, 5) is 18.0. The van der Waals surface area contributed by atoms with Crippen LogP contribution in [0.15, 0.2) is 29.3 Å². The van der Waals surface area contributed by atoms with E-state index in [0.29, 0.717) is 10.8 Å². The summed E-state index contributed by atoms with van der Waals surface area (Å²) in [5, 5.41) is 19.1. The molecule has 1 aromatic carbocycles. The van der Waals surface area contributed by atoms with Crippen LogP contribution in [0.5, 0.6) is 0 Å². The summed E-state index contributed by atoms with van der Waals surface area (Å²) >= 11 is 7.72. The van der Waals surface area contributed by atoms with E-state index in [-0.39, 0.29) is 6.42 Å². The summed E-state index contributed by atoms with van der Waals surface area (Å²) in [7, 11) is 0. The lowest BCUT2D eigenvalue weighted by molar-refractivity contribution is -0.129. The molecule has 28 heavy (non-hydrogen) atoms. The van der Waals surface area contributed by atoms with E-state index in [4.69, 9.17) is 21.8 Å². The second-order valence-corrected chi connectivity index (χ2v) is 8.28. The van der Waals surface area contributed by atoms with Crippen molar-refractivity contribution in [3.8, 4) is 5.00 Å². The number of nitrogens with zero attached hydrogens (tertiary/aromatic N) is 4. The maximum absolute atomic E-state index is 11.9. The minimum Gasteiger partial charge on any atom is -0.289 e. The second-order valence-electron chi connectivity index (χ2n) is 6.64. The summed E-state index contributed by atoms with van der Waals surface area (Å²) in [6.07, 6.45) is -0.0430. The van der Waals surface area contributed by atoms with Gasteiger partial charge < -0.3 is 0 Å². The molecule has 1 amide bonds. The number of aromatic nitrogens is 3. The Morgan fingerprint density at radius 3 is 2.64 bits per heavy atom. The molecule has 3 aromatic rings. The Balaban J connectivity index is 2.01. The van der Waals surface area contributed by atoms with Gasteiger partial charge in [0.25, 0.3) is 0 Å². The number of fused-ring (bicyclic) bond motifs is 3. The van der Waals surface area contributed by atoms with Gasteiger partial charge >= 0.3 is 0 Å². The van der Waals surface area contributed by atoms with Crippen LogP contribution in [0.2, 0.25) is 5.02 Å². The predicted molar refractivity (Wildman–Crippen MR) is 108 cm³/mol. The Hall–Kier alpha value is -2.55. The number of aliphatic imine (C=N–C) groups is 1. The first-order valence-corrected chi connectivity index (χ1v) is 9.89. The van der Waals surface area contributed by atoms with E-state index in [9.17, 15) is 4.79 Å². The van der Waals surface area contributed by atoms with Gasteiger partial charge in [0.15, 0.2) is 5.82 Å². The van der Waals surface area contributed by atoms with E-state index in [2.05, 4.69) is 24.0 Å². The lowest BCUT2D eigenvalue weighted by Crippen LogP contribution is -2.22. The number of halogens is 1. The number of nitrogens with one attached hydrogen (secondary N) is 1. The number of carbonyl (C=O) groups excluding carboxylic acids is 1. The van der Waals surface area contributed by atoms with Crippen LogP contribution < -0.4 is 5.48 Å². The van der Waals surface area contributed by atoms with Gasteiger partial charge in [-0.15, -0.1) is 21.5 Å². The Bertz CT molecular complexity index is 1100. The Morgan fingerprint density at radius 1 is 1.25 bits per heavy atom. The Labute approximate surface area is 170 Å². The van der Waals surface area contributed by atoms with Gasteiger partial charge in [-0.25, -0.2) is 5.48 Å². The highest BCUT2D eigenvalue weighted by atomic mass is 35.5. The fraction of sp³-hybridized carbons (Fsp3) is 0.263. The van der Waals surface area contributed by atoms with Crippen LogP contribution in [0.25, 0.3) is 5.00 Å². The van der Waals surface area contributed by atoms with E-state index in [0.717, 1.165) is 33.2 Å². The molecule has 0 aliphatic carbocycles. The molecule has 4 rings (SSSR count). The highest BCUT2D eigenvalue weighted by molar-refractivity contribution is 7.15. The number of benzene rings is 1. The van der Waals surface area contributed by atoms with Crippen LogP contribution in [0.4, 0.5) is 0 Å². The van der Waals surface area contributed by atoms with Crippen molar-refractivity contribution in [3.63, 3.8) is 0 Å². The summed E-state index contributed by atoms with van der Waals surface area (Å²) in [6, 6.07) is 6.89. The SMILES string of the molecule is Cc1sc2c(c1C)C(c1ccc(Cl)cc1)=NC(CC(=O)NO)c1nnc(C)n1-2. The van der Waals surface area contributed by atoms with E-state index in [1.165, 1.54) is 4.88 Å². The van der Waals surface area contributed by atoms with Gasteiger partial charge in [-0.2, -0.15) is 0 Å². The Morgan fingerprint density at radius 2 is 1.96 bits per heavy atom. The summed E-state index contributed by atoms with van der Waals surface area (Å²) in [6.45, 7) is 6.02. The summed E-state index contributed by atoms with van der Waals surface area (Å²) in [5.41, 5.74) is 5.49. The first kappa shape index (κ1) is 18.8. The molecule has 1 unspecified atom stereocenters. The van der Waals surface area contributed by atoms with Gasteiger partial charge in [0.2, 0.25) is 5.91 Å². The van der Waals surface area contributed by atoms with Crippen LogP contribution in [-0.4, -0.2) is 31.6 Å². The van der Waals surface area contributed by atoms with Crippen LogP contribution in [0, 0.1) is 20.8 Å². The van der Waals surface area contributed by atoms with Crippen molar-refractivity contribution in [2.75, 3.05) is 0 Å². The Kier molecular flexibility index (Phi) is 4.78. The molecule has 0 saturated carbocycles. The fourth-order valence-corrected chi connectivity index (χ4v) is 4.69. The topological polar surface area (TPSA) is 92.4 Å². The van der Waals surface area contributed by atoms with Crippen molar-refractivity contribution < 1.29 is 10.0 Å². The number of hydrogen-bond donors (Lipinski definition) is 2. The molecule has 2 N–H and O–H groups in total. The number of carbonyl (C=O) groups is 1. The molecule has 0 saturated heterocycles. The van der Waals surface area contributed by atoms with E-state index in [1.807, 2.05) is 35.8 Å². The standard InChI is InChI=1S/C19H18ClN5O2S/c1-9-10(2)28-19-16(9)17(12-4-6-13(20)7-5-12)21-14(8-15(26)24-27)18-23-22-11(3)25(18)19/h4-7,14,27H,8H2,1-3H3,(H,24,26). The highest BCUT2D eigenvalue weighted by Crippen LogP contribution is 2.39. The number of aryl methyl sites for hydroxylation is 2. The third-order valence-corrected chi connectivity index (χ3v) is 6.30. The molecule has 1 atom stereocenters. The third-order valence-electron chi connectivity index (χ3n) is 4.86. The van der Waals surface area contributed by atoms with Crippen LogP contribution in [0.1, 0.15) is 45.7 Å². The van der Waals surface area contributed by atoms with Gasteiger partial charge in [-0.05, 0) is 38.5 Å². The molecule has 0 fully saturated rings. The summed E-state index contributed by atoms with van der Waals surface area (Å²) < 4.78 is 1.96. The minimum absolute atomic E-state index is 0.0430. The highest BCUT2D eigenvalue weighted by Gasteiger charge is 2.32. The maximum Gasteiger partial charge on any atom is 0.245 e. The van der Waals surface area contributed by atoms with Crippen LogP contribution in [-0.2, 0) is 4.79 Å². The maximum atomic E-state index is 11.9. The van der Waals surface area contributed by atoms with Crippen molar-refractivity contribution in [1.29, 1.82) is 0 Å². The number of rotatable bonds is 3. The second kappa shape index (κ2) is 7.12. The molecule has 0 radical (unpaired) electrons. The first-order chi connectivity index (χ1) is 13.4. The van der Waals surface area contributed by atoms with Crippen molar-refractivity contribution in [2.24, 2.45) is 4.99 Å². The van der Waals surface area contributed by atoms with E-state index < -0.39 is 11.9 Å². The molecule has 3 heterocycles. The third kappa shape index (κ3) is 3.03. The molecule has 2 aromatic heterocycles.